The van der Waals surface area contributed by atoms with Crippen molar-refractivity contribution in [3.63, 3.8) is 0 Å². The lowest BCUT2D eigenvalue weighted by molar-refractivity contribution is 0.0138. The summed E-state index contributed by atoms with van der Waals surface area (Å²) in [6.45, 7) is 22.3. The van der Waals surface area contributed by atoms with Crippen LogP contribution in [0.4, 0.5) is 26.7 Å². The first kappa shape index (κ1) is 31.2. The Labute approximate surface area is 257 Å². The maximum atomic E-state index is 13.0. The number of anilines is 3. The molecule has 0 spiro atoms. The molecule has 8 nitrogen and oxygen atoms in total. The number of piperidine rings is 1. The third-order valence-corrected chi connectivity index (χ3v) is 9.11. The van der Waals surface area contributed by atoms with Gasteiger partial charge >= 0.3 is 12.2 Å². The van der Waals surface area contributed by atoms with Gasteiger partial charge < -0.3 is 19.6 Å². The molecular formula is C35H50N4O4. The van der Waals surface area contributed by atoms with Gasteiger partial charge in [-0.2, -0.15) is 0 Å². The van der Waals surface area contributed by atoms with Crippen LogP contribution in [0.25, 0.3) is 0 Å². The van der Waals surface area contributed by atoms with Gasteiger partial charge in [0.15, 0.2) is 0 Å². The first-order valence-corrected chi connectivity index (χ1v) is 15.9. The number of rotatable bonds is 3. The van der Waals surface area contributed by atoms with Gasteiger partial charge in [-0.3, -0.25) is 4.90 Å². The standard InChI is InChI=1S/C35H50N4O4/c1-33(2,3)29-24(23-36-18-20-38(21-19-36)32(42)43-34(4,5)6)12-15-27-30(29)35(7,8)26-14-13-25(37-16-10-9-11-17-37)22-28(26)39(27)31(40)41/h12-15,22H,9-11,16-21,23H2,1-8H3,(H,40,41). The molecule has 2 saturated heterocycles. The molecule has 2 aromatic carbocycles. The SMILES string of the molecule is CC(C)(C)OC(=O)N1CCN(Cc2ccc3c(c2C(C)(C)C)C(C)(C)c2ccc(N4CCCCC4)cc2N3C(=O)O)CC1. The van der Waals surface area contributed by atoms with Gasteiger partial charge in [0.2, 0.25) is 0 Å². The molecule has 0 saturated carbocycles. The van der Waals surface area contributed by atoms with E-state index in [1.54, 1.807) is 4.90 Å². The van der Waals surface area contributed by atoms with Gasteiger partial charge in [0, 0.05) is 56.9 Å². The first-order valence-electron chi connectivity index (χ1n) is 15.9. The van der Waals surface area contributed by atoms with Gasteiger partial charge in [0.25, 0.3) is 0 Å². The first-order chi connectivity index (χ1) is 20.1. The Bertz CT molecular complexity index is 1370. The summed E-state index contributed by atoms with van der Waals surface area (Å²) in [5, 5.41) is 10.6. The number of carbonyl (C=O) groups excluding carboxylic acids is 1. The molecule has 234 valence electrons. The van der Waals surface area contributed by atoms with Crippen molar-refractivity contribution in [3.8, 4) is 0 Å². The summed E-state index contributed by atoms with van der Waals surface area (Å²) in [4.78, 5) is 33.7. The largest absolute Gasteiger partial charge is 0.464 e. The van der Waals surface area contributed by atoms with Gasteiger partial charge in [0.1, 0.15) is 5.60 Å². The van der Waals surface area contributed by atoms with Crippen molar-refractivity contribution in [2.24, 2.45) is 0 Å². The summed E-state index contributed by atoms with van der Waals surface area (Å²) in [6, 6.07) is 10.6. The molecule has 5 rings (SSSR count). The maximum Gasteiger partial charge on any atom is 0.416 e. The zero-order valence-electron chi connectivity index (χ0n) is 27.4. The number of hydrogen-bond acceptors (Lipinski definition) is 5. The predicted octanol–water partition coefficient (Wildman–Crippen LogP) is 7.48. The number of amides is 2. The number of carbonyl (C=O) groups is 2. The van der Waals surface area contributed by atoms with Crippen molar-refractivity contribution in [1.82, 2.24) is 9.80 Å². The Morgan fingerprint density at radius 2 is 1.51 bits per heavy atom. The average molecular weight is 591 g/mol. The third kappa shape index (κ3) is 6.21. The normalized spacial score (nSPS) is 19.1. The number of ether oxygens (including phenoxy) is 1. The molecule has 8 heteroatoms. The van der Waals surface area contributed by atoms with Crippen molar-refractivity contribution >= 4 is 29.2 Å². The fourth-order valence-electron chi connectivity index (χ4n) is 7.15. The lowest BCUT2D eigenvalue weighted by Crippen LogP contribution is -2.49. The Morgan fingerprint density at radius 3 is 2.09 bits per heavy atom. The van der Waals surface area contributed by atoms with Crippen LogP contribution in [0.2, 0.25) is 0 Å². The van der Waals surface area contributed by atoms with Crippen LogP contribution in [-0.4, -0.2) is 72.0 Å². The van der Waals surface area contributed by atoms with E-state index in [9.17, 15) is 14.7 Å². The molecule has 1 N–H and O–H groups in total. The van der Waals surface area contributed by atoms with Gasteiger partial charge in [-0.1, -0.05) is 46.8 Å². The molecule has 0 aromatic heterocycles. The van der Waals surface area contributed by atoms with Crippen LogP contribution in [-0.2, 0) is 22.1 Å². The zero-order valence-corrected chi connectivity index (χ0v) is 27.4. The van der Waals surface area contributed by atoms with E-state index in [1.807, 2.05) is 26.8 Å². The Morgan fingerprint density at radius 1 is 0.860 bits per heavy atom. The monoisotopic (exact) mass is 590 g/mol. The second-order valence-electron chi connectivity index (χ2n) is 15.0. The fourth-order valence-corrected chi connectivity index (χ4v) is 7.15. The molecule has 2 fully saturated rings. The Kier molecular flexibility index (Phi) is 8.22. The van der Waals surface area contributed by atoms with Crippen molar-refractivity contribution in [2.45, 2.75) is 97.6 Å². The zero-order chi connectivity index (χ0) is 31.3. The highest BCUT2D eigenvalue weighted by molar-refractivity contribution is 6.00. The number of hydrogen-bond donors (Lipinski definition) is 1. The summed E-state index contributed by atoms with van der Waals surface area (Å²) in [5.41, 5.74) is 6.04. The average Bonchev–Trinajstić information content (AvgIpc) is 2.92. The van der Waals surface area contributed by atoms with E-state index in [1.165, 1.54) is 35.3 Å². The lowest BCUT2D eigenvalue weighted by atomic mass is 9.66. The lowest BCUT2D eigenvalue weighted by Gasteiger charge is -2.45. The minimum Gasteiger partial charge on any atom is -0.464 e. The Hall–Kier alpha value is -3.26. The molecule has 0 atom stereocenters. The van der Waals surface area contributed by atoms with E-state index in [-0.39, 0.29) is 11.5 Å². The van der Waals surface area contributed by atoms with Gasteiger partial charge in [0.05, 0.1) is 11.4 Å². The quantitative estimate of drug-likeness (QED) is 0.399. The van der Waals surface area contributed by atoms with Gasteiger partial charge in [-0.05, 0) is 85.9 Å². The van der Waals surface area contributed by atoms with Crippen molar-refractivity contribution in [2.75, 3.05) is 49.1 Å². The van der Waals surface area contributed by atoms with E-state index in [4.69, 9.17) is 4.74 Å². The predicted molar refractivity (Wildman–Crippen MR) is 173 cm³/mol. The molecule has 0 radical (unpaired) electrons. The summed E-state index contributed by atoms with van der Waals surface area (Å²) < 4.78 is 5.59. The molecule has 2 amide bonds. The minimum absolute atomic E-state index is 0.217. The number of piperazine rings is 1. The molecule has 0 bridgehead atoms. The summed E-state index contributed by atoms with van der Waals surface area (Å²) in [6.07, 6.45) is 2.37. The molecule has 3 aliphatic rings. The summed E-state index contributed by atoms with van der Waals surface area (Å²) >= 11 is 0. The van der Waals surface area contributed by atoms with Crippen LogP contribution < -0.4 is 9.80 Å². The topological polar surface area (TPSA) is 76.6 Å². The minimum atomic E-state index is -0.959. The van der Waals surface area contributed by atoms with Crippen molar-refractivity contribution in [1.29, 1.82) is 0 Å². The van der Waals surface area contributed by atoms with Crippen LogP contribution in [0.15, 0.2) is 30.3 Å². The summed E-state index contributed by atoms with van der Waals surface area (Å²) in [7, 11) is 0. The fraction of sp³-hybridized carbons (Fsp3) is 0.600. The van der Waals surface area contributed by atoms with E-state index in [0.29, 0.717) is 13.1 Å². The van der Waals surface area contributed by atoms with E-state index >= 15 is 0 Å². The highest BCUT2D eigenvalue weighted by Crippen LogP contribution is 2.53. The molecule has 0 aliphatic carbocycles. The van der Waals surface area contributed by atoms with Crippen LogP contribution >= 0.6 is 0 Å². The van der Waals surface area contributed by atoms with E-state index < -0.39 is 17.1 Å². The van der Waals surface area contributed by atoms with Crippen LogP contribution in [0, 0.1) is 0 Å². The smallest absolute Gasteiger partial charge is 0.416 e. The third-order valence-electron chi connectivity index (χ3n) is 9.11. The number of carboxylic acid groups (broad SMARTS) is 1. The van der Waals surface area contributed by atoms with Crippen LogP contribution in [0.5, 0.6) is 0 Å². The Balaban J connectivity index is 1.50. The number of nitrogens with zero attached hydrogens (tertiary/aromatic N) is 4. The van der Waals surface area contributed by atoms with Gasteiger partial charge in [-0.25, -0.2) is 14.5 Å². The number of benzene rings is 2. The molecule has 0 unspecified atom stereocenters. The van der Waals surface area contributed by atoms with E-state index in [2.05, 4.69) is 68.7 Å². The van der Waals surface area contributed by atoms with Crippen LogP contribution in [0.1, 0.15) is 96.9 Å². The molecule has 3 aliphatic heterocycles. The van der Waals surface area contributed by atoms with E-state index in [0.717, 1.165) is 60.9 Å². The van der Waals surface area contributed by atoms with Crippen molar-refractivity contribution in [3.05, 3.63) is 52.6 Å². The highest BCUT2D eigenvalue weighted by Gasteiger charge is 2.43. The van der Waals surface area contributed by atoms with Gasteiger partial charge in [-0.15, -0.1) is 0 Å². The molecule has 2 aromatic rings. The van der Waals surface area contributed by atoms with Crippen LogP contribution in [0.3, 0.4) is 0 Å². The summed E-state index contributed by atoms with van der Waals surface area (Å²) in [5.74, 6) is 0. The second-order valence-corrected chi connectivity index (χ2v) is 15.0. The van der Waals surface area contributed by atoms with Crippen molar-refractivity contribution < 1.29 is 19.4 Å². The molecular weight excluding hydrogens is 540 g/mol. The second kappa shape index (κ2) is 11.3. The molecule has 43 heavy (non-hydrogen) atoms. The number of fused-ring (bicyclic) bond motifs is 2. The maximum absolute atomic E-state index is 13.0. The highest BCUT2D eigenvalue weighted by atomic mass is 16.6. The molecule has 3 heterocycles.